The van der Waals surface area contributed by atoms with Crippen molar-refractivity contribution in [2.75, 3.05) is 18.0 Å². The van der Waals surface area contributed by atoms with Gasteiger partial charge in [-0.15, -0.1) is 11.3 Å². The summed E-state index contributed by atoms with van der Waals surface area (Å²) in [5.74, 6) is 3.73. The van der Waals surface area contributed by atoms with Gasteiger partial charge in [-0.3, -0.25) is 0 Å². The standard InChI is InChI=1S/C22H27N5OS/c28-18(20-23-9-10-24-20)13-7-11-27(12-8-13)21-17-15-3-1-2-4-16(15)29-22(17)26-19(25-21)14-5-6-14/h9-10,13-14,18,28H,1-8,11-12H2,(H,23,24). The maximum atomic E-state index is 10.7. The summed E-state index contributed by atoms with van der Waals surface area (Å²) in [4.78, 5) is 22.7. The highest BCUT2D eigenvalue weighted by Crippen LogP contribution is 2.45. The minimum absolute atomic E-state index is 0.244. The first-order valence-corrected chi connectivity index (χ1v) is 11.8. The average Bonchev–Trinajstić information content (AvgIpc) is 3.33. The second kappa shape index (κ2) is 7.06. The number of aryl methyl sites for hydroxylation is 2. The molecule has 3 aliphatic rings. The third-order valence-electron chi connectivity index (χ3n) is 6.84. The molecule has 3 aromatic rings. The number of nitrogens with zero attached hydrogens (tertiary/aromatic N) is 4. The van der Waals surface area contributed by atoms with Crippen LogP contribution in [0.2, 0.25) is 0 Å². The monoisotopic (exact) mass is 409 g/mol. The van der Waals surface area contributed by atoms with Crippen LogP contribution in [-0.2, 0) is 12.8 Å². The fraction of sp³-hybridized carbons (Fsp3) is 0.591. The Kier molecular flexibility index (Phi) is 4.34. The molecule has 2 fully saturated rings. The molecule has 2 aliphatic carbocycles. The Labute approximate surface area is 174 Å². The first-order chi connectivity index (χ1) is 14.3. The zero-order chi connectivity index (χ0) is 19.4. The first-order valence-electron chi connectivity index (χ1n) is 11.0. The van der Waals surface area contributed by atoms with Crippen molar-refractivity contribution in [2.24, 2.45) is 5.92 Å². The number of aromatic amines is 1. The summed E-state index contributed by atoms with van der Waals surface area (Å²) in [5.41, 5.74) is 1.52. The van der Waals surface area contributed by atoms with E-state index in [2.05, 4.69) is 14.9 Å². The summed E-state index contributed by atoms with van der Waals surface area (Å²) in [5, 5.41) is 12.0. The van der Waals surface area contributed by atoms with Gasteiger partial charge in [0.15, 0.2) is 0 Å². The molecule has 1 saturated carbocycles. The minimum atomic E-state index is -0.506. The number of H-pyrrole nitrogens is 1. The molecular weight excluding hydrogens is 382 g/mol. The van der Waals surface area contributed by atoms with Crippen molar-refractivity contribution in [3.05, 3.63) is 34.5 Å². The Morgan fingerprint density at radius 2 is 1.93 bits per heavy atom. The smallest absolute Gasteiger partial charge is 0.141 e. The van der Waals surface area contributed by atoms with Crippen molar-refractivity contribution in [1.29, 1.82) is 0 Å². The lowest BCUT2D eigenvalue weighted by molar-refractivity contribution is 0.0856. The molecule has 0 spiro atoms. The molecule has 6 nitrogen and oxygen atoms in total. The van der Waals surface area contributed by atoms with Crippen LogP contribution in [0, 0.1) is 5.92 Å². The Bertz CT molecular complexity index is 1020. The van der Waals surface area contributed by atoms with Gasteiger partial charge in [-0.05, 0) is 62.8 Å². The van der Waals surface area contributed by atoms with E-state index in [1.54, 1.807) is 12.4 Å². The molecule has 0 aromatic carbocycles. The Morgan fingerprint density at radius 1 is 1.10 bits per heavy atom. The summed E-state index contributed by atoms with van der Waals surface area (Å²) in [6.45, 7) is 1.87. The molecule has 2 N–H and O–H groups in total. The molecule has 0 amide bonds. The number of nitrogens with one attached hydrogen (secondary N) is 1. The fourth-order valence-corrected chi connectivity index (χ4v) is 6.26. The van der Waals surface area contributed by atoms with E-state index in [1.165, 1.54) is 65.0 Å². The van der Waals surface area contributed by atoms with E-state index < -0.39 is 6.10 Å². The van der Waals surface area contributed by atoms with E-state index >= 15 is 0 Å². The highest BCUT2D eigenvalue weighted by molar-refractivity contribution is 7.19. The molecule has 6 rings (SSSR count). The quantitative estimate of drug-likeness (QED) is 0.678. The predicted octanol–water partition coefficient (Wildman–Crippen LogP) is 4.12. The maximum Gasteiger partial charge on any atom is 0.141 e. The zero-order valence-corrected chi connectivity index (χ0v) is 17.4. The summed E-state index contributed by atoms with van der Waals surface area (Å²) < 4.78 is 0. The van der Waals surface area contributed by atoms with Crippen LogP contribution in [0.25, 0.3) is 10.2 Å². The molecule has 152 valence electrons. The second-order valence-electron chi connectivity index (χ2n) is 8.81. The van der Waals surface area contributed by atoms with Crippen molar-refractivity contribution in [3.8, 4) is 0 Å². The number of imidazole rings is 1. The predicted molar refractivity (Wildman–Crippen MR) is 115 cm³/mol. The van der Waals surface area contributed by atoms with Crippen molar-refractivity contribution in [3.63, 3.8) is 0 Å². The van der Waals surface area contributed by atoms with Crippen molar-refractivity contribution < 1.29 is 5.11 Å². The van der Waals surface area contributed by atoms with Gasteiger partial charge in [-0.25, -0.2) is 15.0 Å². The van der Waals surface area contributed by atoms with Gasteiger partial charge in [-0.2, -0.15) is 0 Å². The van der Waals surface area contributed by atoms with Crippen LogP contribution >= 0.6 is 11.3 Å². The third-order valence-corrected chi connectivity index (χ3v) is 8.03. The van der Waals surface area contributed by atoms with Gasteiger partial charge >= 0.3 is 0 Å². The molecule has 0 bridgehead atoms. The molecular formula is C22H27N5OS. The SMILES string of the molecule is OC(c1ncc[nH]1)C1CCN(c2nc(C3CC3)nc3sc4c(c23)CCCC4)CC1. The van der Waals surface area contributed by atoms with Gasteiger partial charge in [0.05, 0.1) is 5.39 Å². The van der Waals surface area contributed by atoms with Gasteiger partial charge < -0.3 is 15.0 Å². The van der Waals surface area contributed by atoms with Crippen LogP contribution in [0.1, 0.15) is 72.6 Å². The van der Waals surface area contributed by atoms with E-state index in [-0.39, 0.29) is 5.92 Å². The number of aromatic nitrogens is 4. The normalized spacial score (nSPS) is 21.5. The summed E-state index contributed by atoms with van der Waals surface area (Å²) in [6, 6.07) is 0. The van der Waals surface area contributed by atoms with E-state index in [0.29, 0.717) is 11.7 Å². The molecule has 4 heterocycles. The number of rotatable bonds is 4. The highest BCUT2D eigenvalue weighted by Gasteiger charge is 2.33. The van der Waals surface area contributed by atoms with Crippen LogP contribution in [0.3, 0.4) is 0 Å². The van der Waals surface area contributed by atoms with E-state index in [1.807, 2.05) is 11.3 Å². The fourth-order valence-electron chi connectivity index (χ4n) is 5.00. The number of thiophene rings is 1. The second-order valence-corrected chi connectivity index (χ2v) is 9.90. The van der Waals surface area contributed by atoms with Crippen molar-refractivity contribution in [1.82, 2.24) is 19.9 Å². The third kappa shape index (κ3) is 3.15. The summed E-state index contributed by atoms with van der Waals surface area (Å²) >= 11 is 1.91. The molecule has 3 aromatic heterocycles. The van der Waals surface area contributed by atoms with Gasteiger partial charge in [0.25, 0.3) is 0 Å². The van der Waals surface area contributed by atoms with Gasteiger partial charge in [0.1, 0.15) is 28.4 Å². The van der Waals surface area contributed by atoms with Crippen LogP contribution in [0.4, 0.5) is 5.82 Å². The van der Waals surface area contributed by atoms with Gasteiger partial charge in [0, 0.05) is 36.3 Å². The lowest BCUT2D eigenvalue weighted by Gasteiger charge is -2.35. The molecule has 1 unspecified atom stereocenters. The van der Waals surface area contributed by atoms with Crippen molar-refractivity contribution in [2.45, 2.75) is 63.4 Å². The number of aliphatic hydroxyl groups excluding tert-OH is 1. The van der Waals surface area contributed by atoms with Crippen LogP contribution < -0.4 is 4.90 Å². The average molecular weight is 410 g/mol. The lowest BCUT2D eigenvalue weighted by atomic mass is 9.90. The number of hydrogen-bond acceptors (Lipinski definition) is 6. The highest BCUT2D eigenvalue weighted by atomic mass is 32.1. The minimum Gasteiger partial charge on any atom is -0.385 e. The number of fused-ring (bicyclic) bond motifs is 3. The molecule has 1 atom stereocenters. The van der Waals surface area contributed by atoms with E-state index in [4.69, 9.17) is 9.97 Å². The van der Waals surface area contributed by atoms with Gasteiger partial charge in [0.2, 0.25) is 0 Å². The Hall–Kier alpha value is -1.99. The maximum absolute atomic E-state index is 10.7. The lowest BCUT2D eigenvalue weighted by Crippen LogP contribution is -2.36. The van der Waals surface area contributed by atoms with Crippen molar-refractivity contribution >= 4 is 27.4 Å². The van der Waals surface area contributed by atoms with Gasteiger partial charge in [-0.1, -0.05) is 0 Å². The Morgan fingerprint density at radius 3 is 2.69 bits per heavy atom. The molecule has 1 aliphatic heterocycles. The first kappa shape index (κ1) is 17.8. The Balaban J connectivity index is 1.32. The topological polar surface area (TPSA) is 77.9 Å². The van der Waals surface area contributed by atoms with Crippen LogP contribution in [-0.4, -0.2) is 38.1 Å². The van der Waals surface area contributed by atoms with Crippen LogP contribution in [0.5, 0.6) is 0 Å². The van der Waals surface area contributed by atoms with E-state index in [0.717, 1.165) is 31.8 Å². The number of hydrogen-bond donors (Lipinski definition) is 2. The number of anilines is 1. The number of aliphatic hydroxyl groups is 1. The molecule has 7 heteroatoms. The van der Waals surface area contributed by atoms with E-state index in [9.17, 15) is 5.11 Å². The molecule has 29 heavy (non-hydrogen) atoms. The number of piperidine rings is 1. The molecule has 0 radical (unpaired) electrons. The van der Waals surface area contributed by atoms with Crippen LogP contribution in [0.15, 0.2) is 12.4 Å². The molecule has 1 saturated heterocycles. The summed E-state index contributed by atoms with van der Waals surface area (Å²) in [6.07, 6.45) is 12.3. The summed E-state index contributed by atoms with van der Waals surface area (Å²) in [7, 11) is 0. The largest absolute Gasteiger partial charge is 0.385 e. The zero-order valence-electron chi connectivity index (χ0n) is 16.6.